The lowest BCUT2D eigenvalue weighted by atomic mass is 10.1. The summed E-state index contributed by atoms with van der Waals surface area (Å²) in [6.07, 6.45) is -2.01. The Morgan fingerprint density at radius 2 is 1.46 bits per heavy atom. The first kappa shape index (κ1) is 41.0. The molecule has 0 saturated heterocycles. The molecule has 3 N–H and O–H groups in total. The number of hydrogen-bond acceptors (Lipinski definition) is 11. The van der Waals surface area contributed by atoms with Gasteiger partial charge in [-0.15, -0.1) is 0 Å². The number of rotatable bonds is 11. The maximum Gasteiger partial charge on any atom is 0.416 e. The fraction of sp³-hybridized carbons (Fsp3) is 0.182. The Hall–Kier alpha value is -5.73. The van der Waals surface area contributed by atoms with Crippen LogP contribution in [0, 0.1) is 10.1 Å². The molecule has 1 saturated carbocycles. The number of sulfonamides is 2. The molecular weight excluding hydrogens is 785 g/mol. The number of carbonyl (C=O) groups is 3. The molecule has 3 amide bonds. The van der Waals surface area contributed by atoms with Gasteiger partial charge in [0.1, 0.15) is 22.8 Å². The maximum atomic E-state index is 12.7. The summed E-state index contributed by atoms with van der Waals surface area (Å²) < 4.78 is 99.1. The smallest absolute Gasteiger partial charge is 0.416 e. The first-order chi connectivity index (χ1) is 25.2. The van der Waals surface area contributed by atoms with E-state index in [0.29, 0.717) is 24.0 Å². The highest BCUT2D eigenvalue weighted by atomic mass is 35.5. The van der Waals surface area contributed by atoms with E-state index in [2.05, 4.69) is 5.32 Å². The zero-order valence-corrected chi connectivity index (χ0v) is 30.2. The van der Waals surface area contributed by atoms with Crippen molar-refractivity contribution in [3.63, 3.8) is 0 Å². The summed E-state index contributed by atoms with van der Waals surface area (Å²) in [6, 6.07) is 17.0. The maximum absolute atomic E-state index is 12.7. The highest BCUT2D eigenvalue weighted by molar-refractivity contribution is 7.90. The SMILES string of the molecule is COc1ccccc1C(=O)NS(=O)(=O)c1ccc(C(=O)NC2CC2)cc1.CS(=O)(=O)NC(=O)c1cc(Oc2ccc(C(F)(F)F)cc2Cl)ccc1[N+](=O)[O-]. The molecule has 4 aromatic rings. The number of hydrogen-bond donors (Lipinski definition) is 3. The van der Waals surface area contributed by atoms with Crippen LogP contribution in [0.1, 0.15) is 49.5 Å². The van der Waals surface area contributed by atoms with Crippen molar-refractivity contribution in [3.05, 3.63) is 122 Å². The van der Waals surface area contributed by atoms with Crippen LogP contribution in [0.15, 0.2) is 89.8 Å². The number of nitrogens with one attached hydrogen (secondary N) is 3. The standard InChI is InChI=1S/C18H18N2O5S.C15H10ClF3N2O6S/c1-25-16-5-3-2-4-15(16)18(22)20-26(23,24)14-10-6-12(7-11-14)17(21)19-13-8-9-13;1-28(25,26)20-14(22)10-7-9(3-4-12(10)21(23)24)27-13-5-2-8(6-11(13)16)15(17,18)19/h2-7,10-11,13H,8-9H2,1H3,(H,19,21)(H,20,22);2-7H,1H3,(H,20,22). The Balaban J connectivity index is 0.000000241. The van der Waals surface area contributed by atoms with Gasteiger partial charge in [0.05, 0.1) is 39.3 Å². The van der Waals surface area contributed by atoms with Crippen LogP contribution in [0.25, 0.3) is 0 Å². The minimum Gasteiger partial charge on any atom is -0.496 e. The minimum atomic E-state index is -4.62. The number of nitro groups is 1. The largest absolute Gasteiger partial charge is 0.496 e. The molecule has 286 valence electrons. The van der Waals surface area contributed by atoms with E-state index in [1.807, 2.05) is 4.72 Å². The quantitative estimate of drug-likeness (QED) is 0.128. The topological polar surface area (TPSA) is 217 Å². The molecule has 5 rings (SSSR count). The molecule has 0 heterocycles. The molecule has 0 spiro atoms. The average molecular weight is 813 g/mol. The number of ether oxygens (including phenoxy) is 2. The minimum absolute atomic E-state index is 0.108. The van der Waals surface area contributed by atoms with E-state index in [9.17, 15) is 54.5 Å². The average Bonchev–Trinajstić information content (AvgIpc) is 3.92. The number of carbonyl (C=O) groups excluding carboxylic acids is 3. The molecule has 0 aliphatic heterocycles. The molecular formula is C33H28ClF3N4O11S2. The molecule has 21 heteroatoms. The van der Waals surface area contributed by atoms with Crippen molar-refractivity contribution in [1.29, 1.82) is 0 Å². The molecule has 0 radical (unpaired) electrons. The van der Waals surface area contributed by atoms with Gasteiger partial charge in [-0.1, -0.05) is 23.7 Å². The molecule has 1 fully saturated rings. The van der Waals surface area contributed by atoms with Crippen molar-refractivity contribution in [1.82, 2.24) is 14.8 Å². The second-order valence-corrected chi connectivity index (χ2v) is 15.1. The fourth-order valence-electron chi connectivity index (χ4n) is 4.38. The summed E-state index contributed by atoms with van der Waals surface area (Å²) in [5, 5.41) is 13.5. The van der Waals surface area contributed by atoms with Crippen molar-refractivity contribution in [2.24, 2.45) is 0 Å². The number of para-hydroxylation sites is 1. The Labute approximate surface area is 310 Å². The summed E-state index contributed by atoms with van der Waals surface area (Å²) in [7, 11) is -6.68. The van der Waals surface area contributed by atoms with E-state index in [1.165, 1.54) is 37.4 Å². The Kier molecular flexibility index (Phi) is 12.6. The second-order valence-electron chi connectivity index (χ2n) is 11.3. The lowest BCUT2D eigenvalue weighted by Crippen LogP contribution is -2.31. The number of nitrogens with zero attached hydrogens (tertiary/aromatic N) is 1. The van der Waals surface area contributed by atoms with Gasteiger partial charge in [0, 0.05) is 23.7 Å². The van der Waals surface area contributed by atoms with Crippen molar-refractivity contribution in [2.75, 3.05) is 13.4 Å². The van der Waals surface area contributed by atoms with E-state index in [0.717, 1.165) is 37.1 Å². The van der Waals surface area contributed by atoms with Crippen LogP contribution >= 0.6 is 11.6 Å². The number of alkyl halides is 3. The monoisotopic (exact) mass is 812 g/mol. The van der Waals surface area contributed by atoms with Crippen LogP contribution in [0.4, 0.5) is 18.9 Å². The molecule has 1 aliphatic rings. The van der Waals surface area contributed by atoms with E-state index < -0.39 is 64.8 Å². The fourth-order valence-corrected chi connectivity index (χ4v) is 6.01. The lowest BCUT2D eigenvalue weighted by molar-refractivity contribution is -0.385. The number of methoxy groups -OCH3 is 1. The van der Waals surface area contributed by atoms with E-state index in [4.69, 9.17) is 21.1 Å². The molecule has 0 bridgehead atoms. The van der Waals surface area contributed by atoms with Crippen LogP contribution in [0.3, 0.4) is 0 Å². The van der Waals surface area contributed by atoms with Crippen LogP contribution in [0.2, 0.25) is 5.02 Å². The highest BCUT2D eigenvalue weighted by Crippen LogP contribution is 2.37. The van der Waals surface area contributed by atoms with Crippen LogP contribution in [0.5, 0.6) is 17.2 Å². The van der Waals surface area contributed by atoms with Crippen molar-refractivity contribution < 1.29 is 58.8 Å². The second kappa shape index (κ2) is 16.5. The van der Waals surface area contributed by atoms with Gasteiger partial charge in [-0.3, -0.25) is 24.5 Å². The summed E-state index contributed by atoms with van der Waals surface area (Å²) in [4.78, 5) is 46.3. The lowest BCUT2D eigenvalue weighted by Gasteiger charge is -2.12. The molecule has 0 atom stereocenters. The van der Waals surface area contributed by atoms with Crippen LogP contribution in [-0.4, -0.2) is 58.9 Å². The molecule has 4 aromatic carbocycles. The number of halogens is 4. The Bertz CT molecular complexity index is 2320. The number of amides is 3. The first-order valence-electron chi connectivity index (χ1n) is 15.1. The number of benzene rings is 4. The molecule has 1 aliphatic carbocycles. The molecule has 15 nitrogen and oxygen atoms in total. The van der Waals surface area contributed by atoms with Crippen LogP contribution in [-0.2, 0) is 26.2 Å². The summed E-state index contributed by atoms with van der Waals surface area (Å²) in [5.74, 6) is -2.44. The summed E-state index contributed by atoms with van der Waals surface area (Å²) >= 11 is 5.76. The van der Waals surface area contributed by atoms with Crippen LogP contribution < -0.4 is 24.2 Å². The summed E-state index contributed by atoms with van der Waals surface area (Å²) in [5.41, 5.74) is -1.87. The molecule has 54 heavy (non-hydrogen) atoms. The van der Waals surface area contributed by atoms with Gasteiger partial charge in [-0.2, -0.15) is 13.2 Å². The van der Waals surface area contributed by atoms with E-state index >= 15 is 0 Å². The van der Waals surface area contributed by atoms with Crippen molar-refractivity contribution in [3.8, 4) is 17.2 Å². The van der Waals surface area contributed by atoms with E-state index in [1.54, 1.807) is 22.9 Å². The number of nitro benzene ring substituents is 1. The Morgan fingerprint density at radius 1 is 0.833 bits per heavy atom. The highest BCUT2D eigenvalue weighted by Gasteiger charge is 2.31. The van der Waals surface area contributed by atoms with Gasteiger partial charge in [0.25, 0.3) is 33.4 Å². The normalized spacial score (nSPS) is 12.7. The van der Waals surface area contributed by atoms with Gasteiger partial charge in [-0.25, -0.2) is 26.3 Å². The molecule has 0 aromatic heterocycles. The van der Waals surface area contributed by atoms with Gasteiger partial charge in [0.2, 0.25) is 10.0 Å². The third-order valence-electron chi connectivity index (χ3n) is 7.09. The molecule has 0 unspecified atom stereocenters. The van der Waals surface area contributed by atoms with Gasteiger partial charge in [0.15, 0.2) is 0 Å². The van der Waals surface area contributed by atoms with E-state index in [-0.39, 0.29) is 39.7 Å². The predicted octanol–water partition coefficient (Wildman–Crippen LogP) is 5.45. The zero-order valence-electron chi connectivity index (χ0n) is 27.8. The Morgan fingerprint density at radius 3 is 2.02 bits per heavy atom. The van der Waals surface area contributed by atoms with Crippen molar-refractivity contribution >= 4 is 55.1 Å². The van der Waals surface area contributed by atoms with Gasteiger partial charge in [-0.05, 0) is 73.5 Å². The predicted molar refractivity (Wildman–Crippen MR) is 187 cm³/mol. The van der Waals surface area contributed by atoms with Gasteiger partial charge >= 0.3 is 6.18 Å². The zero-order chi connectivity index (χ0) is 40.0. The third kappa shape index (κ3) is 11.1. The first-order valence-corrected chi connectivity index (χ1v) is 18.9. The third-order valence-corrected chi connectivity index (χ3v) is 9.29. The van der Waals surface area contributed by atoms with Gasteiger partial charge < -0.3 is 14.8 Å². The van der Waals surface area contributed by atoms with Crippen molar-refractivity contribution in [2.45, 2.75) is 30.0 Å². The summed E-state index contributed by atoms with van der Waals surface area (Å²) in [6.45, 7) is 0.